The summed E-state index contributed by atoms with van der Waals surface area (Å²) in [5, 5.41) is 8.39. The summed E-state index contributed by atoms with van der Waals surface area (Å²) in [6, 6.07) is 8.91. The zero-order chi connectivity index (χ0) is 11.4. The summed E-state index contributed by atoms with van der Waals surface area (Å²) in [5.41, 5.74) is 0.720. The standard InChI is InChI=1S/C11H10N2O3/c12-4-6-15-10-3-1-2-9(8-10)13-5-7-16-11(13)14/h1-3,8H,5-7H2. The Morgan fingerprint density at radius 1 is 1.56 bits per heavy atom. The average molecular weight is 218 g/mol. The number of benzene rings is 1. The van der Waals surface area contributed by atoms with Crippen molar-refractivity contribution in [2.75, 3.05) is 24.7 Å². The maximum Gasteiger partial charge on any atom is 0.414 e. The molecule has 0 bridgehead atoms. The molecule has 82 valence electrons. The van der Waals surface area contributed by atoms with Gasteiger partial charge in [-0.05, 0) is 12.1 Å². The van der Waals surface area contributed by atoms with Gasteiger partial charge < -0.3 is 9.47 Å². The Bertz CT molecular complexity index is 439. The van der Waals surface area contributed by atoms with Crippen LogP contribution in [0, 0.1) is 11.3 Å². The second-order valence-electron chi connectivity index (χ2n) is 3.21. The molecule has 2 rings (SSSR count). The lowest BCUT2D eigenvalue weighted by atomic mass is 10.3. The van der Waals surface area contributed by atoms with Crippen LogP contribution in [0.3, 0.4) is 0 Å². The molecule has 1 aliphatic rings. The average Bonchev–Trinajstić information content (AvgIpc) is 2.73. The Morgan fingerprint density at radius 3 is 3.12 bits per heavy atom. The Kier molecular flexibility index (Phi) is 2.92. The highest BCUT2D eigenvalue weighted by Crippen LogP contribution is 2.23. The molecule has 1 aromatic carbocycles. The van der Waals surface area contributed by atoms with E-state index in [1.165, 1.54) is 4.90 Å². The maximum absolute atomic E-state index is 11.3. The molecular weight excluding hydrogens is 208 g/mol. The van der Waals surface area contributed by atoms with Crippen LogP contribution in [0.2, 0.25) is 0 Å². The highest BCUT2D eigenvalue weighted by molar-refractivity contribution is 5.89. The van der Waals surface area contributed by atoms with Crippen LogP contribution in [0.25, 0.3) is 0 Å². The molecule has 1 saturated heterocycles. The Labute approximate surface area is 92.8 Å². The van der Waals surface area contributed by atoms with E-state index in [9.17, 15) is 4.79 Å². The fourth-order valence-electron chi connectivity index (χ4n) is 1.48. The van der Waals surface area contributed by atoms with Gasteiger partial charge in [-0.2, -0.15) is 5.26 Å². The molecular formula is C11H10N2O3. The molecule has 16 heavy (non-hydrogen) atoms. The van der Waals surface area contributed by atoms with Crippen molar-refractivity contribution in [2.45, 2.75) is 0 Å². The van der Waals surface area contributed by atoms with Crippen LogP contribution in [0.15, 0.2) is 24.3 Å². The minimum atomic E-state index is -0.350. The van der Waals surface area contributed by atoms with E-state index in [2.05, 4.69) is 0 Å². The van der Waals surface area contributed by atoms with Gasteiger partial charge in [0.2, 0.25) is 0 Å². The topological polar surface area (TPSA) is 62.6 Å². The van der Waals surface area contributed by atoms with Gasteiger partial charge in [-0.3, -0.25) is 4.90 Å². The van der Waals surface area contributed by atoms with Crippen molar-refractivity contribution in [3.05, 3.63) is 24.3 Å². The van der Waals surface area contributed by atoms with Crippen LogP contribution < -0.4 is 9.64 Å². The van der Waals surface area contributed by atoms with Crippen molar-refractivity contribution in [1.82, 2.24) is 0 Å². The second-order valence-corrected chi connectivity index (χ2v) is 3.21. The van der Waals surface area contributed by atoms with Gasteiger partial charge in [0.05, 0.1) is 12.2 Å². The molecule has 0 unspecified atom stereocenters. The van der Waals surface area contributed by atoms with Gasteiger partial charge in [-0.25, -0.2) is 4.79 Å². The van der Waals surface area contributed by atoms with Crippen molar-refractivity contribution in [2.24, 2.45) is 0 Å². The Balaban J connectivity index is 2.15. The molecule has 1 aliphatic heterocycles. The molecule has 0 N–H and O–H groups in total. The quantitative estimate of drug-likeness (QED) is 0.772. The minimum Gasteiger partial charge on any atom is -0.479 e. The van der Waals surface area contributed by atoms with E-state index in [-0.39, 0.29) is 12.7 Å². The third kappa shape index (κ3) is 2.06. The van der Waals surface area contributed by atoms with Crippen molar-refractivity contribution in [1.29, 1.82) is 5.26 Å². The smallest absolute Gasteiger partial charge is 0.414 e. The molecule has 0 aliphatic carbocycles. The van der Waals surface area contributed by atoms with Crippen LogP contribution >= 0.6 is 0 Å². The predicted octanol–water partition coefficient (Wildman–Crippen LogP) is 1.55. The fourth-order valence-corrected chi connectivity index (χ4v) is 1.48. The van der Waals surface area contributed by atoms with Gasteiger partial charge in [0.25, 0.3) is 0 Å². The minimum absolute atomic E-state index is 0.00605. The van der Waals surface area contributed by atoms with Crippen molar-refractivity contribution >= 4 is 11.8 Å². The summed E-state index contributed by atoms with van der Waals surface area (Å²) < 4.78 is 9.99. The normalized spacial score (nSPS) is 14.4. The lowest BCUT2D eigenvalue weighted by Gasteiger charge is -2.13. The summed E-state index contributed by atoms with van der Waals surface area (Å²) in [6.45, 7) is 0.941. The van der Waals surface area contributed by atoms with Gasteiger partial charge >= 0.3 is 6.09 Å². The number of hydrogen-bond donors (Lipinski definition) is 0. The third-order valence-electron chi connectivity index (χ3n) is 2.19. The second kappa shape index (κ2) is 4.53. The maximum atomic E-state index is 11.3. The monoisotopic (exact) mass is 218 g/mol. The van der Waals surface area contributed by atoms with Crippen LogP contribution in [-0.2, 0) is 4.74 Å². The number of nitrogens with zero attached hydrogens (tertiary/aromatic N) is 2. The number of ether oxygens (including phenoxy) is 2. The van der Waals surface area contributed by atoms with Crippen LogP contribution in [0.1, 0.15) is 0 Å². The first-order valence-electron chi connectivity index (χ1n) is 4.85. The van der Waals surface area contributed by atoms with Crippen LogP contribution in [0.4, 0.5) is 10.5 Å². The number of hydrogen-bond acceptors (Lipinski definition) is 4. The van der Waals surface area contributed by atoms with Crippen LogP contribution in [0.5, 0.6) is 5.75 Å². The Morgan fingerprint density at radius 2 is 2.44 bits per heavy atom. The van der Waals surface area contributed by atoms with E-state index < -0.39 is 0 Å². The molecule has 1 fully saturated rings. The molecule has 1 aromatic rings. The van der Waals surface area contributed by atoms with Crippen molar-refractivity contribution < 1.29 is 14.3 Å². The lowest BCUT2D eigenvalue weighted by molar-refractivity contribution is 0.181. The highest BCUT2D eigenvalue weighted by Gasteiger charge is 2.23. The SMILES string of the molecule is N#CCOc1cccc(N2CCOC2=O)c1. The zero-order valence-electron chi connectivity index (χ0n) is 8.55. The van der Waals surface area contributed by atoms with Gasteiger partial charge in [0.15, 0.2) is 6.61 Å². The summed E-state index contributed by atoms with van der Waals surface area (Å²) in [4.78, 5) is 12.8. The first-order valence-corrected chi connectivity index (χ1v) is 4.85. The van der Waals surface area contributed by atoms with Crippen molar-refractivity contribution in [3.63, 3.8) is 0 Å². The number of rotatable bonds is 3. The summed E-state index contributed by atoms with van der Waals surface area (Å²) in [7, 11) is 0. The molecule has 0 saturated carbocycles. The predicted molar refractivity (Wildman–Crippen MR) is 56.2 cm³/mol. The fraction of sp³-hybridized carbons (Fsp3) is 0.273. The number of cyclic esters (lactones) is 1. The van der Waals surface area contributed by atoms with Gasteiger partial charge in [-0.15, -0.1) is 0 Å². The van der Waals surface area contributed by atoms with E-state index in [1.807, 2.05) is 6.07 Å². The third-order valence-corrected chi connectivity index (χ3v) is 2.19. The highest BCUT2D eigenvalue weighted by atomic mass is 16.6. The van der Waals surface area contributed by atoms with E-state index in [4.69, 9.17) is 14.7 Å². The van der Waals surface area contributed by atoms with Gasteiger partial charge in [0, 0.05) is 6.07 Å². The van der Waals surface area contributed by atoms with E-state index in [0.717, 1.165) is 5.69 Å². The summed E-state index contributed by atoms with van der Waals surface area (Å²) in [6.07, 6.45) is -0.350. The Hall–Kier alpha value is -2.22. The number of carbonyl (C=O) groups excluding carboxylic acids is 1. The van der Waals surface area contributed by atoms with E-state index >= 15 is 0 Å². The first kappa shape index (κ1) is 10.3. The first-order chi connectivity index (χ1) is 7.81. The van der Waals surface area contributed by atoms with E-state index in [0.29, 0.717) is 18.9 Å². The summed E-state index contributed by atoms with van der Waals surface area (Å²) in [5.74, 6) is 0.568. The molecule has 1 amide bonds. The van der Waals surface area contributed by atoms with E-state index in [1.54, 1.807) is 24.3 Å². The number of carbonyl (C=O) groups is 1. The molecule has 0 spiro atoms. The largest absolute Gasteiger partial charge is 0.479 e. The molecule has 0 aromatic heterocycles. The molecule has 5 heteroatoms. The summed E-state index contributed by atoms with van der Waals surface area (Å²) >= 11 is 0. The lowest BCUT2D eigenvalue weighted by Crippen LogP contribution is -2.23. The molecule has 0 atom stereocenters. The molecule has 0 radical (unpaired) electrons. The van der Waals surface area contributed by atoms with Gasteiger partial charge in [0.1, 0.15) is 18.4 Å². The van der Waals surface area contributed by atoms with Crippen molar-refractivity contribution in [3.8, 4) is 11.8 Å². The molecule has 5 nitrogen and oxygen atoms in total. The number of amides is 1. The number of anilines is 1. The zero-order valence-corrected chi connectivity index (χ0v) is 8.55. The van der Waals surface area contributed by atoms with Crippen LogP contribution in [-0.4, -0.2) is 25.9 Å². The number of nitriles is 1. The van der Waals surface area contributed by atoms with Gasteiger partial charge in [-0.1, -0.05) is 6.07 Å². The molecule has 1 heterocycles.